The quantitative estimate of drug-likeness (QED) is 0.900. The number of carboxylic acids is 1. The van der Waals surface area contributed by atoms with E-state index in [9.17, 15) is 18.3 Å². The van der Waals surface area contributed by atoms with Crippen molar-refractivity contribution in [3.05, 3.63) is 29.3 Å². The Bertz CT molecular complexity index is 668. The van der Waals surface area contributed by atoms with Crippen LogP contribution in [0.15, 0.2) is 18.2 Å². The first-order valence-corrected chi connectivity index (χ1v) is 9.12. The average molecular weight is 309 g/mol. The molecule has 1 aromatic rings. The lowest BCUT2D eigenvalue weighted by Crippen LogP contribution is -2.46. The maximum atomic E-state index is 11.9. The second kappa shape index (κ2) is 5.33. The van der Waals surface area contributed by atoms with Crippen molar-refractivity contribution in [1.29, 1.82) is 0 Å². The zero-order valence-electron chi connectivity index (χ0n) is 11.8. The number of sulfone groups is 1. The van der Waals surface area contributed by atoms with Gasteiger partial charge >= 0.3 is 5.97 Å². The molecule has 0 aliphatic carbocycles. The smallest absolute Gasteiger partial charge is 0.336 e. The molecule has 0 aromatic heterocycles. The van der Waals surface area contributed by atoms with E-state index in [2.05, 4.69) is 4.90 Å². The molecular weight excluding hydrogens is 290 g/mol. The van der Waals surface area contributed by atoms with Crippen LogP contribution in [0.3, 0.4) is 0 Å². The molecule has 5 nitrogen and oxygen atoms in total. The molecule has 2 aliphatic heterocycles. The topological polar surface area (TPSA) is 74.7 Å². The minimum Gasteiger partial charge on any atom is -0.478 e. The molecule has 0 amide bonds. The summed E-state index contributed by atoms with van der Waals surface area (Å²) in [5.41, 5.74) is 2.10. The van der Waals surface area contributed by atoms with Crippen molar-refractivity contribution in [2.45, 2.75) is 31.7 Å². The minimum atomic E-state index is -2.97. The highest BCUT2D eigenvalue weighted by Gasteiger charge is 2.32. The second-order valence-electron chi connectivity index (χ2n) is 5.82. The molecule has 2 heterocycles. The molecule has 6 heteroatoms. The van der Waals surface area contributed by atoms with Crippen LogP contribution in [0.1, 0.15) is 35.2 Å². The molecular formula is C15H19NO4S. The van der Waals surface area contributed by atoms with Crippen LogP contribution < -0.4 is 4.90 Å². The van der Waals surface area contributed by atoms with Crippen LogP contribution in [0, 0.1) is 0 Å². The van der Waals surface area contributed by atoms with Crippen LogP contribution in [-0.2, 0) is 16.3 Å². The molecule has 0 radical (unpaired) electrons. The molecule has 0 spiro atoms. The molecule has 1 aromatic carbocycles. The standard InChI is InChI=1S/C15H19NO4S/c17-15(18)13-5-1-7-14-12(13)6-2-8-16(14)11-4-3-9-21(19,20)10-11/h1,5,7,11H,2-4,6,8-10H2,(H,17,18). The zero-order valence-corrected chi connectivity index (χ0v) is 12.6. The van der Waals surface area contributed by atoms with Gasteiger partial charge < -0.3 is 10.0 Å². The summed E-state index contributed by atoms with van der Waals surface area (Å²) in [5.74, 6) is -0.451. The molecule has 114 valence electrons. The van der Waals surface area contributed by atoms with Gasteiger partial charge in [-0.3, -0.25) is 0 Å². The Hall–Kier alpha value is -1.56. The Morgan fingerprint density at radius 1 is 1.29 bits per heavy atom. The van der Waals surface area contributed by atoms with E-state index >= 15 is 0 Å². The Kier molecular flexibility index (Phi) is 3.65. The highest BCUT2D eigenvalue weighted by molar-refractivity contribution is 7.91. The number of rotatable bonds is 2. The monoisotopic (exact) mass is 309 g/mol. The Balaban J connectivity index is 1.97. The molecule has 1 saturated heterocycles. The highest BCUT2D eigenvalue weighted by atomic mass is 32.2. The Morgan fingerprint density at radius 3 is 2.81 bits per heavy atom. The van der Waals surface area contributed by atoms with Gasteiger partial charge in [0.05, 0.1) is 17.1 Å². The van der Waals surface area contributed by atoms with Crippen LogP contribution in [0.25, 0.3) is 0 Å². The summed E-state index contributed by atoms with van der Waals surface area (Å²) < 4.78 is 23.7. The third-order valence-electron chi connectivity index (χ3n) is 4.40. The van der Waals surface area contributed by atoms with Gasteiger partial charge in [0.15, 0.2) is 9.84 Å². The van der Waals surface area contributed by atoms with Gasteiger partial charge in [-0.2, -0.15) is 0 Å². The predicted molar refractivity (Wildman–Crippen MR) is 80.7 cm³/mol. The first kappa shape index (κ1) is 14.4. The fourth-order valence-corrected chi connectivity index (χ4v) is 5.18. The number of hydrogen-bond donors (Lipinski definition) is 1. The van der Waals surface area contributed by atoms with Crippen LogP contribution >= 0.6 is 0 Å². The number of hydrogen-bond acceptors (Lipinski definition) is 4. The van der Waals surface area contributed by atoms with E-state index in [0.717, 1.165) is 37.1 Å². The molecule has 1 N–H and O–H groups in total. The van der Waals surface area contributed by atoms with Crippen LogP contribution in [0.5, 0.6) is 0 Å². The number of anilines is 1. The number of benzene rings is 1. The lowest BCUT2D eigenvalue weighted by Gasteiger charge is -2.40. The Morgan fingerprint density at radius 2 is 2.10 bits per heavy atom. The van der Waals surface area contributed by atoms with E-state index < -0.39 is 15.8 Å². The van der Waals surface area contributed by atoms with E-state index in [0.29, 0.717) is 12.0 Å². The van der Waals surface area contributed by atoms with Crippen molar-refractivity contribution in [3.63, 3.8) is 0 Å². The van der Waals surface area contributed by atoms with Gasteiger partial charge in [0.1, 0.15) is 0 Å². The molecule has 1 unspecified atom stereocenters. The Labute approximate surface area is 124 Å². The minimum absolute atomic E-state index is 0.0214. The van der Waals surface area contributed by atoms with Crippen molar-refractivity contribution >= 4 is 21.5 Å². The summed E-state index contributed by atoms with van der Waals surface area (Å²) >= 11 is 0. The summed E-state index contributed by atoms with van der Waals surface area (Å²) in [6, 6.07) is 5.27. The molecule has 0 saturated carbocycles. The number of nitrogens with zero attached hydrogens (tertiary/aromatic N) is 1. The lowest BCUT2D eigenvalue weighted by atomic mass is 9.94. The number of carbonyl (C=O) groups is 1. The number of aromatic carboxylic acids is 1. The molecule has 0 bridgehead atoms. The number of fused-ring (bicyclic) bond motifs is 1. The number of carboxylic acid groups (broad SMARTS) is 1. The summed E-state index contributed by atoms with van der Waals surface area (Å²) in [4.78, 5) is 13.5. The molecule has 2 aliphatic rings. The maximum absolute atomic E-state index is 11.9. The fourth-order valence-electron chi connectivity index (χ4n) is 3.48. The summed E-state index contributed by atoms with van der Waals surface area (Å²) in [6.07, 6.45) is 3.16. The van der Waals surface area contributed by atoms with Crippen molar-refractivity contribution in [3.8, 4) is 0 Å². The zero-order chi connectivity index (χ0) is 15.0. The van der Waals surface area contributed by atoms with E-state index in [1.807, 2.05) is 6.07 Å². The van der Waals surface area contributed by atoms with Crippen LogP contribution in [0.2, 0.25) is 0 Å². The summed E-state index contributed by atoms with van der Waals surface area (Å²) in [6.45, 7) is 0.802. The lowest BCUT2D eigenvalue weighted by molar-refractivity contribution is 0.0695. The van der Waals surface area contributed by atoms with Crippen molar-refractivity contribution < 1.29 is 18.3 Å². The first-order valence-electron chi connectivity index (χ1n) is 7.30. The van der Waals surface area contributed by atoms with E-state index in [1.54, 1.807) is 12.1 Å². The average Bonchev–Trinajstić information content (AvgIpc) is 2.44. The molecule has 1 fully saturated rings. The first-order chi connectivity index (χ1) is 9.98. The van der Waals surface area contributed by atoms with Gasteiger partial charge in [0.2, 0.25) is 0 Å². The van der Waals surface area contributed by atoms with Gasteiger partial charge in [-0.25, -0.2) is 13.2 Å². The van der Waals surface area contributed by atoms with Gasteiger partial charge in [-0.1, -0.05) is 6.07 Å². The van der Waals surface area contributed by atoms with E-state index in [1.165, 1.54) is 0 Å². The molecule has 3 rings (SSSR count). The molecule has 1 atom stereocenters. The second-order valence-corrected chi connectivity index (χ2v) is 8.04. The van der Waals surface area contributed by atoms with Crippen molar-refractivity contribution in [1.82, 2.24) is 0 Å². The van der Waals surface area contributed by atoms with Gasteiger partial charge in [0, 0.05) is 18.3 Å². The largest absolute Gasteiger partial charge is 0.478 e. The van der Waals surface area contributed by atoms with Crippen LogP contribution in [-0.4, -0.2) is 43.6 Å². The highest BCUT2D eigenvalue weighted by Crippen LogP contribution is 2.33. The summed E-state index contributed by atoms with van der Waals surface area (Å²) in [5, 5.41) is 9.31. The maximum Gasteiger partial charge on any atom is 0.336 e. The van der Waals surface area contributed by atoms with Gasteiger partial charge in [-0.05, 0) is 43.4 Å². The summed E-state index contributed by atoms with van der Waals surface area (Å²) in [7, 11) is -2.97. The van der Waals surface area contributed by atoms with Crippen molar-refractivity contribution in [2.24, 2.45) is 0 Å². The third-order valence-corrected chi connectivity index (χ3v) is 6.20. The normalized spacial score (nSPS) is 24.4. The predicted octanol–water partition coefficient (Wildman–Crippen LogP) is 1.71. The SMILES string of the molecule is O=C(O)c1cccc2c1CCCN2C1CCCS(=O)(=O)C1. The molecule has 21 heavy (non-hydrogen) atoms. The van der Waals surface area contributed by atoms with Gasteiger partial charge in [0.25, 0.3) is 0 Å². The van der Waals surface area contributed by atoms with Crippen molar-refractivity contribution in [2.75, 3.05) is 23.0 Å². The third kappa shape index (κ3) is 2.77. The van der Waals surface area contributed by atoms with Crippen LogP contribution in [0.4, 0.5) is 5.69 Å². The van der Waals surface area contributed by atoms with E-state index in [4.69, 9.17) is 0 Å². The van der Waals surface area contributed by atoms with Gasteiger partial charge in [-0.15, -0.1) is 0 Å². The van der Waals surface area contributed by atoms with E-state index in [-0.39, 0.29) is 17.5 Å². The fraction of sp³-hybridized carbons (Fsp3) is 0.533.